The highest BCUT2D eigenvalue weighted by atomic mass is 16.4. The Morgan fingerprint density at radius 2 is 1.69 bits per heavy atom. The van der Waals surface area contributed by atoms with Crippen molar-refractivity contribution in [3.8, 4) is 0 Å². The Morgan fingerprint density at radius 1 is 1.00 bits per heavy atom. The molecule has 3 aromatic rings. The Balaban J connectivity index is 1.94. The van der Waals surface area contributed by atoms with Crippen molar-refractivity contribution in [3.05, 3.63) is 64.0 Å². The monoisotopic (exact) mass is 351 g/mol. The lowest BCUT2D eigenvalue weighted by molar-refractivity contribution is 0.262. The molecule has 1 heterocycles. The summed E-state index contributed by atoms with van der Waals surface area (Å²) >= 11 is 0. The quantitative estimate of drug-likeness (QED) is 0.605. The first-order chi connectivity index (χ1) is 12.5. The van der Waals surface area contributed by atoms with Crippen LogP contribution in [0.4, 0.5) is 21.9 Å². The van der Waals surface area contributed by atoms with Gasteiger partial charge in [0.25, 0.3) is 0 Å². The molecule has 0 bridgehead atoms. The molecule has 1 aromatic heterocycles. The van der Waals surface area contributed by atoms with Gasteiger partial charge in [-0.25, -0.2) is 9.59 Å². The topological polar surface area (TPSA) is 83.4 Å². The third-order valence-corrected chi connectivity index (χ3v) is 3.88. The number of rotatable bonds is 4. The first-order valence-corrected chi connectivity index (χ1v) is 8.44. The zero-order valence-electron chi connectivity index (χ0n) is 15.0. The molecule has 0 fully saturated rings. The molecule has 0 saturated carbocycles. The van der Waals surface area contributed by atoms with Crippen LogP contribution in [0.1, 0.15) is 18.1 Å². The molecular weight excluding hydrogens is 330 g/mol. The molecule has 0 spiro atoms. The Bertz CT molecular complexity index is 1000. The summed E-state index contributed by atoms with van der Waals surface area (Å²) in [6.07, 6.45) is 0. The molecule has 0 atom stereocenters. The van der Waals surface area contributed by atoms with Crippen molar-refractivity contribution in [3.63, 3.8) is 0 Å². The number of hydrogen-bond acceptors (Lipinski definition) is 4. The summed E-state index contributed by atoms with van der Waals surface area (Å²) < 4.78 is 5.33. The van der Waals surface area contributed by atoms with Gasteiger partial charge in [0.1, 0.15) is 5.58 Å². The second kappa shape index (κ2) is 7.31. The summed E-state index contributed by atoms with van der Waals surface area (Å²) in [6, 6.07) is 12.4. The van der Waals surface area contributed by atoms with Crippen molar-refractivity contribution in [1.82, 2.24) is 0 Å². The van der Waals surface area contributed by atoms with E-state index in [4.69, 9.17) is 4.42 Å². The van der Waals surface area contributed by atoms with Crippen LogP contribution in [-0.4, -0.2) is 12.6 Å². The minimum absolute atomic E-state index is 0.0902. The zero-order chi connectivity index (χ0) is 18.7. The van der Waals surface area contributed by atoms with Crippen LogP contribution in [0, 0.1) is 13.8 Å². The highest BCUT2D eigenvalue weighted by Crippen LogP contribution is 2.28. The van der Waals surface area contributed by atoms with E-state index in [0.717, 1.165) is 16.5 Å². The molecule has 0 radical (unpaired) electrons. The molecule has 134 valence electrons. The van der Waals surface area contributed by atoms with Gasteiger partial charge < -0.3 is 15.1 Å². The van der Waals surface area contributed by atoms with E-state index < -0.39 is 11.7 Å². The number of nitrogens with one attached hydrogen (secondary N) is 3. The van der Waals surface area contributed by atoms with E-state index in [2.05, 4.69) is 16.0 Å². The van der Waals surface area contributed by atoms with Gasteiger partial charge in [-0.2, -0.15) is 0 Å². The van der Waals surface area contributed by atoms with Crippen molar-refractivity contribution in [2.45, 2.75) is 20.8 Å². The van der Waals surface area contributed by atoms with E-state index in [9.17, 15) is 9.59 Å². The first-order valence-electron chi connectivity index (χ1n) is 8.44. The molecule has 0 aliphatic rings. The average Bonchev–Trinajstić information content (AvgIpc) is 2.57. The normalized spacial score (nSPS) is 10.6. The summed E-state index contributed by atoms with van der Waals surface area (Å²) in [6.45, 7) is 6.43. The number of carbonyl (C=O) groups excluding carboxylic acids is 1. The SMILES string of the molecule is CCNc1c(NC(=O)Nc2cc(C)cc(C)c2)c(=O)oc2ccccc12. The van der Waals surface area contributed by atoms with E-state index in [-0.39, 0.29) is 5.69 Å². The lowest BCUT2D eigenvalue weighted by Crippen LogP contribution is -2.24. The molecule has 2 amide bonds. The van der Waals surface area contributed by atoms with E-state index in [1.807, 2.05) is 51.1 Å². The Labute approximate surface area is 151 Å². The third-order valence-electron chi connectivity index (χ3n) is 3.88. The second-order valence-corrected chi connectivity index (χ2v) is 6.12. The van der Waals surface area contributed by atoms with Crippen LogP contribution in [0.25, 0.3) is 11.0 Å². The van der Waals surface area contributed by atoms with Crippen LogP contribution >= 0.6 is 0 Å². The van der Waals surface area contributed by atoms with Crippen LogP contribution in [0.15, 0.2) is 51.7 Å². The maximum absolute atomic E-state index is 12.4. The van der Waals surface area contributed by atoms with Crippen molar-refractivity contribution in [2.24, 2.45) is 0 Å². The summed E-state index contributed by atoms with van der Waals surface area (Å²) in [5.41, 5.74) is 3.25. The molecule has 0 unspecified atom stereocenters. The molecule has 6 nitrogen and oxygen atoms in total. The van der Waals surface area contributed by atoms with Gasteiger partial charge in [0.05, 0.1) is 5.69 Å². The van der Waals surface area contributed by atoms with E-state index in [1.165, 1.54) is 0 Å². The number of carbonyl (C=O) groups is 1. The average molecular weight is 351 g/mol. The maximum Gasteiger partial charge on any atom is 0.362 e. The fraction of sp³-hybridized carbons (Fsp3) is 0.200. The van der Waals surface area contributed by atoms with Crippen LogP contribution in [0.2, 0.25) is 0 Å². The zero-order valence-corrected chi connectivity index (χ0v) is 15.0. The smallest absolute Gasteiger partial charge is 0.362 e. The highest BCUT2D eigenvalue weighted by molar-refractivity contribution is 6.05. The first kappa shape index (κ1) is 17.5. The van der Waals surface area contributed by atoms with Gasteiger partial charge in [-0.05, 0) is 56.2 Å². The molecule has 2 aromatic carbocycles. The summed E-state index contributed by atoms with van der Waals surface area (Å²) in [5, 5.41) is 9.26. The lowest BCUT2D eigenvalue weighted by Gasteiger charge is -2.14. The number of aryl methyl sites for hydroxylation is 2. The molecule has 3 rings (SSSR count). The Kier molecular flexibility index (Phi) is 4.93. The van der Waals surface area contributed by atoms with Gasteiger partial charge in [0.15, 0.2) is 5.69 Å². The van der Waals surface area contributed by atoms with E-state index >= 15 is 0 Å². The molecule has 6 heteroatoms. The van der Waals surface area contributed by atoms with Gasteiger partial charge in [-0.3, -0.25) is 5.32 Å². The summed E-state index contributed by atoms with van der Waals surface area (Å²) in [4.78, 5) is 24.8. The second-order valence-electron chi connectivity index (χ2n) is 6.12. The van der Waals surface area contributed by atoms with Gasteiger partial charge in [-0.1, -0.05) is 18.2 Å². The summed E-state index contributed by atoms with van der Waals surface area (Å²) in [5.74, 6) is 0. The highest BCUT2D eigenvalue weighted by Gasteiger charge is 2.16. The molecule has 26 heavy (non-hydrogen) atoms. The largest absolute Gasteiger partial charge is 0.421 e. The van der Waals surface area contributed by atoms with Gasteiger partial charge >= 0.3 is 11.7 Å². The fourth-order valence-electron chi connectivity index (χ4n) is 2.95. The minimum Gasteiger partial charge on any atom is -0.421 e. The van der Waals surface area contributed by atoms with E-state index in [0.29, 0.717) is 23.5 Å². The summed E-state index contributed by atoms with van der Waals surface area (Å²) in [7, 11) is 0. The Hall–Kier alpha value is -3.28. The van der Waals surface area contributed by atoms with Gasteiger partial charge in [0.2, 0.25) is 0 Å². The molecule has 0 aliphatic carbocycles. The Morgan fingerprint density at radius 3 is 2.38 bits per heavy atom. The fourth-order valence-corrected chi connectivity index (χ4v) is 2.95. The van der Waals surface area contributed by atoms with Crippen molar-refractivity contribution < 1.29 is 9.21 Å². The third kappa shape index (κ3) is 3.69. The predicted molar refractivity (Wildman–Crippen MR) is 105 cm³/mol. The van der Waals surface area contributed by atoms with E-state index in [1.54, 1.807) is 12.1 Å². The number of amides is 2. The van der Waals surface area contributed by atoms with Crippen LogP contribution in [-0.2, 0) is 0 Å². The molecule has 3 N–H and O–H groups in total. The molecule has 0 aliphatic heterocycles. The predicted octanol–water partition coefficient (Wildman–Crippen LogP) is 4.49. The van der Waals surface area contributed by atoms with Crippen molar-refractivity contribution in [1.29, 1.82) is 0 Å². The molecule has 0 saturated heterocycles. The van der Waals surface area contributed by atoms with Crippen molar-refractivity contribution in [2.75, 3.05) is 22.5 Å². The van der Waals surface area contributed by atoms with Gasteiger partial charge in [-0.15, -0.1) is 0 Å². The standard InChI is InChI=1S/C20H21N3O3/c1-4-21-17-15-7-5-6-8-16(15)26-19(24)18(17)23-20(25)22-14-10-12(2)9-13(3)11-14/h5-11,21H,4H2,1-3H3,(H2,22,23,25). The number of urea groups is 1. The number of hydrogen-bond donors (Lipinski definition) is 3. The van der Waals surface area contributed by atoms with Crippen LogP contribution in [0.3, 0.4) is 0 Å². The lowest BCUT2D eigenvalue weighted by atomic mass is 10.1. The number of fused-ring (bicyclic) bond motifs is 1. The number of benzene rings is 2. The number of para-hydroxylation sites is 1. The maximum atomic E-state index is 12.4. The minimum atomic E-state index is -0.602. The van der Waals surface area contributed by atoms with Gasteiger partial charge in [0, 0.05) is 17.6 Å². The molecular formula is C20H21N3O3. The van der Waals surface area contributed by atoms with Crippen molar-refractivity contribution >= 4 is 34.1 Å². The number of anilines is 3. The van der Waals surface area contributed by atoms with Crippen LogP contribution < -0.4 is 21.6 Å². The van der Waals surface area contributed by atoms with Crippen LogP contribution in [0.5, 0.6) is 0 Å².